The van der Waals surface area contributed by atoms with Crippen LogP contribution in [-0.2, 0) is 20.9 Å². The molecule has 0 saturated carbocycles. The Morgan fingerprint density at radius 3 is 2.52 bits per heavy atom. The minimum atomic E-state index is -0.688. The Bertz CT molecular complexity index is 867. The van der Waals surface area contributed by atoms with Crippen LogP contribution in [0.3, 0.4) is 0 Å². The highest BCUT2D eigenvalue weighted by molar-refractivity contribution is 6.41. The van der Waals surface area contributed by atoms with Crippen molar-refractivity contribution in [3.05, 3.63) is 64.7 Å². The van der Waals surface area contributed by atoms with E-state index in [1.54, 1.807) is 24.3 Å². The highest BCUT2D eigenvalue weighted by Crippen LogP contribution is 2.21. The van der Waals surface area contributed by atoms with Crippen LogP contribution in [0.25, 0.3) is 0 Å². The zero-order valence-electron chi connectivity index (χ0n) is 14.9. The molecule has 2 aromatic carbocycles. The second-order valence-corrected chi connectivity index (χ2v) is 6.86. The van der Waals surface area contributed by atoms with Gasteiger partial charge in [-0.3, -0.25) is 14.4 Å². The Balaban J connectivity index is 1.56. The molecule has 2 aromatic rings. The summed E-state index contributed by atoms with van der Waals surface area (Å²) in [4.78, 5) is 39.6. The third-order valence-corrected chi connectivity index (χ3v) is 4.61. The van der Waals surface area contributed by atoms with Crippen LogP contribution in [-0.4, -0.2) is 42.3 Å². The molecule has 1 heterocycles. The third kappa shape index (κ3) is 4.65. The summed E-state index contributed by atoms with van der Waals surface area (Å²) in [6, 6.07) is 14.6. The third-order valence-electron chi connectivity index (χ3n) is 4.37. The molecule has 0 spiro atoms. The predicted octanol–water partition coefficient (Wildman–Crippen LogP) is 2.14. The second kappa shape index (κ2) is 8.22. The lowest BCUT2D eigenvalue weighted by Gasteiger charge is -2.33. The van der Waals surface area contributed by atoms with Crippen LogP contribution in [0.2, 0.25) is 5.02 Å². The van der Waals surface area contributed by atoms with Crippen LogP contribution in [0.4, 0.5) is 5.69 Å². The Labute approximate surface area is 162 Å². The summed E-state index contributed by atoms with van der Waals surface area (Å²) < 4.78 is 0. The number of hydrogen-bond donors (Lipinski definition) is 1. The predicted molar refractivity (Wildman–Crippen MR) is 103 cm³/mol. The number of nitrogens with one attached hydrogen (secondary N) is 1. The number of nitrogens with zero attached hydrogens (tertiary/aromatic N) is 2. The molecule has 1 saturated heterocycles. The number of anilines is 1. The zero-order valence-corrected chi connectivity index (χ0v) is 15.7. The standard InChI is InChI=1S/C20H20ClN3O3/c1-14-5-7-15(8-6-14)12-22-18(25)13-23-9-10-24(20(27)19(23)26)17-4-2-3-16(21)11-17/h2-8,11H,9-10,12-13H2,1H3,(H,22,25). The van der Waals surface area contributed by atoms with Crippen molar-refractivity contribution >= 4 is 35.0 Å². The van der Waals surface area contributed by atoms with Crippen molar-refractivity contribution in [1.82, 2.24) is 10.2 Å². The van der Waals surface area contributed by atoms with Gasteiger partial charge in [0.15, 0.2) is 0 Å². The molecule has 3 rings (SSSR count). The maximum absolute atomic E-state index is 12.4. The van der Waals surface area contributed by atoms with E-state index >= 15 is 0 Å². The molecule has 1 aliphatic rings. The number of carbonyl (C=O) groups excluding carboxylic acids is 3. The van der Waals surface area contributed by atoms with Crippen molar-refractivity contribution in [2.24, 2.45) is 0 Å². The first kappa shape index (κ1) is 18.9. The van der Waals surface area contributed by atoms with Gasteiger partial charge in [-0.05, 0) is 30.7 Å². The Hall–Kier alpha value is -2.86. The summed E-state index contributed by atoms with van der Waals surface area (Å²) >= 11 is 5.95. The van der Waals surface area contributed by atoms with E-state index in [2.05, 4.69) is 5.32 Å². The average molecular weight is 386 g/mol. The van der Waals surface area contributed by atoms with Crippen molar-refractivity contribution in [3.63, 3.8) is 0 Å². The topological polar surface area (TPSA) is 69.7 Å². The number of hydrogen-bond acceptors (Lipinski definition) is 3. The van der Waals surface area contributed by atoms with Gasteiger partial charge in [0.2, 0.25) is 5.91 Å². The number of carbonyl (C=O) groups is 3. The van der Waals surface area contributed by atoms with Crippen LogP contribution < -0.4 is 10.2 Å². The quantitative estimate of drug-likeness (QED) is 0.802. The molecule has 0 unspecified atom stereocenters. The molecule has 140 valence electrons. The summed E-state index contributed by atoms with van der Waals surface area (Å²) in [5.41, 5.74) is 2.69. The zero-order chi connectivity index (χ0) is 19.4. The van der Waals surface area contributed by atoms with Crippen molar-refractivity contribution in [2.45, 2.75) is 13.5 Å². The average Bonchev–Trinajstić information content (AvgIpc) is 2.65. The first-order valence-corrected chi connectivity index (χ1v) is 9.00. The van der Waals surface area contributed by atoms with Crippen LogP contribution in [0.5, 0.6) is 0 Å². The van der Waals surface area contributed by atoms with E-state index in [9.17, 15) is 14.4 Å². The fraction of sp³-hybridized carbons (Fsp3) is 0.250. The molecule has 27 heavy (non-hydrogen) atoms. The maximum atomic E-state index is 12.4. The molecule has 1 N–H and O–H groups in total. The van der Waals surface area contributed by atoms with E-state index in [1.165, 1.54) is 9.80 Å². The molecule has 0 aromatic heterocycles. The smallest absolute Gasteiger partial charge is 0.316 e. The number of piperazine rings is 1. The van der Waals surface area contributed by atoms with Gasteiger partial charge in [-0.2, -0.15) is 0 Å². The van der Waals surface area contributed by atoms with Crippen molar-refractivity contribution in [1.29, 1.82) is 0 Å². The SMILES string of the molecule is Cc1ccc(CNC(=O)CN2CCN(c3cccc(Cl)c3)C(=O)C2=O)cc1. The lowest BCUT2D eigenvalue weighted by molar-refractivity contribution is -0.147. The molecule has 0 bridgehead atoms. The van der Waals surface area contributed by atoms with Crippen molar-refractivity contribution < 1.29 is 14.4 Å². The molecule has 1 aliphatic heterocycles. The number of halogens is 1. The second-order valence-electron chi connectivity index (χ2n) is 6.43. The van der Waals surface area contributed by atoms with Gasteiger partial charge in [0.1, 0.15) is 6.54 Å². The Morgan fingerprint density at radius 1 is 1.07 bits per heavy atom. The van der Waals surface area contributed by atoms with Gasteiger partial charge < -0.3 is 15.1 Å². The summed E-state index contributed by atoms with van der Waals surface area (Å²) in [5, 5.41) is 3.27. The van der Waals surface area contributed by atoms with E-state index in [-0.39, 0.29) is 19.0 Å². The van der Waals surface area contributed by atoms with Gasteiger partial charge in [0, 0.05) is 30.3 Å². The lowest BCUT2D eigenvalue weighted by Crippen LogP contribution is -2.56. The Morgan fingerprint density at radius 2 is 1.81 bits per heavy atom. The molecular formula is C20H20ClN3O3. The van der Waals surface area contributed by atoms with Gasteiger partial charge >= 0.3 is 11.8 Å². The molecule has 1 fully saturated rings. The van der Waals surface area contributed by atoms with Crippen molar-refractivity contribution in [3.8, 4) is 0 Å². The maximum Gasteiger partial charge on any atom is 0.316 e. The molecule has 3 amide bonds. The van der Waals surface area contributed by atoms with Gasteiger partial charge in [0.05, 0.1) is 0 Å². The van der Waals surface area contributed by atoms with Crippen LogP contribution in [0.1, 0.15) is 11.1 Å². The van der Waals surface area contributed by atoms with Gasteiger partial charge in [-0.15, -0.1) is 0 Å². The monoisotopic (exact) mass is 385 g/mol. The van der Waals surface area contributed by atoms with Crippen LogP contribution in [0, 0.1) is 6.92 Å². The molecule has 0 radical (unpaired) electrons. The van der Waals surface area contributed by atoms with E-state index < -0.39 is 11.8 Å². The number of rotatable bonds is 5. The lowest BCUT2D eigenvalue weighted by atomic mass is 10.1. The highest BCUT2D eigenvalue weighted by Gasteiger charge is 2.34. The highest BCUT2D eigenvalue weighted by atomic mass is 35.5. The summed E-state index contributed by atoms with van der Waals surface area (Å²) in [7, 11) is 0. The summed E-state index contributed by atoms with van der Waals surface area (Å²) in [6.45, 7) is 2.84. The minimum absolute atomic E-state index is 0.139. The summed E-state index contributed by atoms with van der Waals surface area (Å²) in [6.07, 6.45) is 0. The first-order chi connectivity index (χ1) is 12.9. The van der Waals surface area contributed by atoms with E-state index in [0.717, 1.165) is 11.1 Å². The van der Waals surface area contributed by atoms with Crippen LogP contribution >= 0.6 is 11.6 Å². The minimum Gasteiger partial charge on any atom is -0.350 e. The Kier molecular flexibility index (Phi) is 5.76. The first-order valence-electron chi connectivity index (χ1n) is 8.62. The van der Waals surface area contributed by atoms with Gasteiger partial charge in [0.25, 0.3) is 0 Å². The molecule has 0 aliphatic carbocycles. The summed E-state index contributed by atoms with van der Waals surface area (Å²) in [5.74, 6) is -1.64. The number of amides is 3. The fourth-order valence-corrected chi connectivity index (χ4v) is 3.04. The molecule has 7 heteroatoms. The van der Waals surface area contributed by atoms with E-state index in [4.69, 9.17) is 11.6 Å². The van der Waals surface area contributed by atoms with E-state index in [1.807, 2.05) is 31.2 Å². The van der Waals surface area contributed by atoms with Crippen molar-refractivity contribution in [2.75, 3.05) is 24.5 Å². The molecule has 6 nitrogen and oxygen atoms in total. The molecular weight excluding hydrogens is 366 g/mol. The van der Waals surface area contributed by atoms with E-state index in [0.29, 0.717) is 23.8 Å². The van der Waals surface area contributed by atoms with Gasteiger partial charge in [-0.1, -0.05) is 47.5 Å². The largest absolute Gasteiger partial charge is 0.350 e. The normalized spacial score (nSPS) is 14.4. The number of aryl methyl sites for hydroxylation is 1. The van der Waals surface area contributed by atoms with Gasteiger partial charge in [-0.25, -0.2) is 0 Å². The van der Waals surface area contributed by atoms with Crippen LogP contribution in [0.15, 0.2) is 48.5 Å². The number of benzene rings is 2. The fourth-order valence-electron chi connectivity index (χ4n) is 2.85. The molecule has 0 atom stereocenters.